The van der Waals surface area contributed by atoms with Gasteiger partial charge in [0, 0.05) is 0 Å². The Morgan fingerprint density at radius 3 is 1.28 bits per heavy atom. The fraction of sp³-hybridized carbons (Fsp3) is 0.714. The topological polar surface area (TPSA) is 9.23 Å². The number of hydrogen-bond donors (Lipinski definition) is 0. The molecule has 1 nitrogen and oxygen atoms in total. The van der Waals surface area contributed by atoms with E-state index in [0.29, 0.717) is 0 Å². The van der Waals surface area contributed by atoms with E-state index in [9.17, 15) is 0 Å². The van der Waals surface area contributed by atoms with Gasteiger partial charge in [-0.15, -0.1) is 0 Å². The Balaban J connectivity index is 0.000000145. The number of allylic oxidation sites excluding steroid dienone is 4. The molecule has 0 heterocycles. The average Bonchev–Trinajstić information content (AvgIpc) is 3.24. The molecule has 4 fully saturated rings. The smallest absolute Gasteiger partial charge is 0.118 e. The van der Waals surface area contributed by atoms with Gasteiger partial charge in [0.25, 0.3) is 0 Å². The SMILES string of the molecule is CC1=CCC(C2CCC(C)CC2)CC1.CC1CC=C(C2CCC(C)CC2)CC1.COc1ccc(C2CCC(C)CC2)cc1.Cc1ccc(C2CCC(C)CC2)cc1. The first kappa shape index (κ1) is 45.8. The molecule has 0 radical (unpaired) electrons. The van der Waals surface area contributed by atoms with Crippen LogP contribution in [0.1, 0.15) is 211 Å². The van der Waals surface area contributed by atoms with Gasteiger partial charge in [-0.25, -0.2) is 0 Å². The molecule has 8 rings (SSSR count). The molecule has 0 amide bonds. The van der Waals surface area contributed by atoms with Crippen LogP contribution < -0.4 is 4.74 Å². The summed E-state index contributed by atoms with van der Waals surface area (Å²) in [5.74, 6) is 10.5. The average molecular weight is 777 g/mol. The predicted octanol–water partition coefficient (Wildman–Crippen LogP) is 17.4. The summed E-state index contributed by atoms with van der Waals surface area (Å²) >= 11 is 0. The minimum atomic E-state index is 0.784. The lowest BCUT2D eigenvalue weighted by Gasteiger charge is -2.34. The summed E-state index contributed by atoms with van der Waals surface area (Å²) in [6.07, 6.45) is 36.5. The zero-order valence-corrected chi connectivity index (χ0v) is 38.5. The predicted molar refractivity (Wildman–Crippen MR) is 249 cm³/mol. The van der Waals surface area contributed by atoms with E-state index in [0.717, 1.165) is 64.9 Å². The number of rotatable bonds is 5. The number of ether oxygens (including phenoxy) is 1. The monoisotopic (exact) mass is 777 g/mol. The molecule has 6 aliphatic rings. The highest BCUT2D eigenvalue weighted by Crippen LogP contribution is 2.41. The summed E-state index contributed by atoms with van der Waals surface area (Å²) < 4.78 is 5.17. The van der Waals surface area contributed by atoms with Crippen molar-refractivity contribution < 1.29 is 4.74 Å². The Labute approximate surface area is 353 Å². The third-order valence-electron chi connectivity index (χ3n) is 15.8. The first-order valence-electron chi connectivity index (χ1n) is 24.6. The van der Waals surface area contributed by atoms with Crippen LogP contribution in [0.2, 0.25) is 0 Å². The summed E-state index contributed by atoms with van der Waals surface area (Å²) in [7, 11) is 1.72. The highest BCUT2D eigenvalue weighted by molar-refractivity contribution is 5.29. The molecule has 2 atom stereocenters. The van der Waals surface area contributed by atoms with Gasteiger partial charge in [0.2, 0.25) is 0 Å². The Bertz CT molecular complexity index is 1430. The maximum atomic E-state index is 5.17. The van der Waals surface area contributed by atoms with E-state index >= 15 is 0 Å². The van der Waals surface area contributed by atoms with E-state index in [1.54, 1.807) is 18.2 Å². The van der Waals surface area contributed by atoms with Gasteiger partial charge in [-0.1, -0.05) is 151 Å². The number of methoxy groups -OCH3 is 1. The number of aryl methyl sites for hydroxylation is 1. The van der Waals surface area contributed by atoms with Gasteiger partial charge < -0.3 is 4.74 Å². The van der Waals surface area contributed by atoms with Gasteiger partial charge in [0.15, 0.2) is 0 Å². The summed E-state index contributed by atoms with van der Waals surface area (Å²) in [6, 6.07) is 17.7. The maximum absolute atomic E-state index is 5.17. The van der Waals surface area contributed by atoms with Crippen molar-refractivity contribution >= 4 is 0 Å². The molecule has 0 aliphatic heterocycles. The standard InChI is InChI=1S/C14H20O.2C14H24.C14H20/c1-11-3-5-12(6-4-11)13-7-9-14(15-2)10-8-13;3*1-11-3-7-13(8-4-11)14-9-5-12(2)6-10-14/h7-12H,3-6H2,1-2H3;7,11-12,14H,3-6,8-10H2,1-2H3;3,12-14H,4-10H2,1-2H3;3-4,7-8,12,14H,5-6,9-10H2,1-2H3. The van der Waals surface area contributed by atoms with Crippen LogP contribution in [-0.4, -0.2) is 7.11 Å². The van der Waals surface area contributed by atoms with Crippen molar-refractivity contribution in [3.63, 3.8) is 0 Å². The molecule has 2 aromatic carbocycles. The van der Waals surface area contributed by atoms with Crippen molar-refractivity contribution in [3.05, 3.63) is 88.5 Å². The van der Waals surface area contributed by atoms with Crippen LogP contribution >= 0.6 is 0 Å². The van der Waals surface area contributed by atoms with Crippen molar-refractivity contribution in [1.82, 2.24) is 0 Å². The summed E-state index contributed by atoms with van der Waals surface area (Å²) in [6.45, 7) is 16.4. The molecule has 0 spiro atoms. The molecule has 2 aromatic rings. The lowest BCUT2D eigenvalue weighted by Crippen LogP contribution is -2.22. The first-order chi connectivity index (χ1) is 27.6. The fourth-order valence-electron chi connectivity index (χ4n) is 11.1. The zero-order chi connectivity index (χ0) is 40.6. The van der Waals surface area contributed by atoms with E-state index in [1.165, 1.54) is 152 Å². The third-order valence-corrected chi connectivity index (χ3v) is 15.8. The molecular formula is C56H88O. The minimum Gasteiger partial charge on any atom is -0.497 e. The Morgan fingerprint density at radius 2 is 0.860 bits per heavy atom. The van der Waals surface area contributed by atoms with Gasteiger partial charge in [-0.3, -0.25) is 0 Å². The van der Waals surface area contributed by atoms with Crippen molar-refractivity contribution in [3.8, 4) is 5.75 Å². The number of hydrogen-bond acceptors (Lipinski definition) is 1. The van der Waals surface area contributed by atoms with Crippen LogP contribution in [0, 0.1) is 54.3 Å². The van der Waals surface area contributed by atoms with E-state index in [4.69, 9.17) is 4.74 Å². The molecule has 2 unspecified atom stereocenters. The molecular weight excluding hydrogens is 689 g/mol. The molecule has 0 N–H and O–H groups in total. The van der Waals surface area contributed by atoms with E-state index in [2.05, 4.69) is 109 Å². The van der Waals surface area contributed by atoms with Crippen molar-refractivity contribution in [1.29, 1.82) is 0 Å². The summed E-state index contributed by atoms with van der Waals surface area (Å²) in [5, 5.41) is 0. The highest BCUT2D eigenvalue weighted by atomic mass is 16.5. The Hall–Kier alpha value is -2.28. The van der Waals surface area contributed by atoms with Crippen LogP contribution in [-0.2, 0) is 0 Å². The lowest BCUT2D eigenvalue weighted by molar-refractivity contribution is 0.200. The van der Waals surface area contributed by atoms with Crippen molar-refractivity contribution in [2.24, 2.45) is 47.3 Å². The fourth-order valence-corrected chi connectivity index (χ4v) is 11.1. The minimum absolute atomic E-state index is 0.784. The second-order valence-corrected chi connectivity index (χ2v) is 20.8. The largest absolute Gasteiger partial charge is 0.497 e. The van der Waals surface area contributed by atoms with Gasteiger partial charge in [0.1, 0.15) is 5.75 Å². The third kappa shape index (κ3) is 15.7. The van der Waals surface area contributed by atoms with E-state index < -0.39 is 0 Å². The molecule has 6 aliphatic carbocycles. The quantitative estimate of drug-likeness (QED) is 0.275. The van der Waals surface area contributed by atoms with Gasteiger partial charge in [-0.05, 0) is 186 Å². The van der Waals surface area contributed by atoms with Crippen LogP contribution in [0.3, 0.4) is 0 Å². The summed E-state index contributed by atoms with van der Waals surface area (Å²) in [5.41, 5.74) is 7.86. The lowest BCUT2D eigenvalue weighted by atomic mass is 9.72. The van der Waals surface area contributed by atoms with Crippen molar-refractivity contribution in [2.75, 3.05) is 7.11 Å². The second-order valence-electron chi connectivity index (χ2n) is 20.8. The van der Waals surface area contributed by atoms with Gasteiger partial charge >= 0.3 is 0 Å². The van der Waals surface area contributed by atoms with Crippen molar-refractivity contribution in [2.45, 2.75) is 202 Å². The van der Waals surface area contributed by atoms with Crippen LogP contribution in [0.25, 0.3) is 0 Å². The Kier molecular flexibility index (Phi) is 19.4. The van der Waals surface area contributed by atoms with E-state index in [-0.39, 0.29) is 0 Å². The molecule has 1 heteroatoms. The molecule has 4 saturated carbocycles. The van der Waals surface area contributed by atoms with Crippen LogP contribution in [0.5, 0.6) is 5.75 Å². The van der Waals surface area contributed by atoms with Gasteiger partial charge in [-0.2, -0.15) is 0 Å². The van der Waals surface area contributed by atoms with Gasteiger partial charge in [0.05, 0.1) is 7.11 Å². The highest BCUT2D eigenvalue weighted by Gasteiger charge is 2.27. The number of benzene rings is 2. The molecule has 318 valence electrons. The first-order valence-corrected chi connectivity index (χ1v) is 24.6. The normalized spacial score (nSPS) is 33.0. The molecule has 0 saturated heterocycles. The molecule has 0 aromatic heterocycles. The summed E-state index contributed by atoms with van der Waals surface area (Å²) in [4.78, 5) is 0. The molecule has 57 heavy (non-hydrogen) atoms. The van der Waals surface area contributed by atoms with Crippen LogP contribution in [0.15, 0.2) is 71.8 Å². The van der Waals surface area contributed by atoms with Crippen LogP contribution in [0.4, 0.5) is 0 Å². The second kappa shape index (κ2) is 24.1. The molecule has 0 bridgehead atoms. The van der Waals surface area contributed by atoms with E-state index in [1.807, 2.05) is 5.57 Å². The zero-order valence-electron chi connectivity index (χ0n) is 38.5. The Morgan fingerprint density at radius 1 is 0.404 bits per heavy atom. The maximum Gasteiger partial charge on any atom is 0.118 e.